The molecule has 6 heteroatoms. The van der Waals surface area contributed by atoms with Crippen LogP contribution in [0.1, 0.15) is 29.2 Å². The Bertz CT molecular complexity index is 733. The summed E-state index contributed by atoms with van der Waals surface area (Å²) >= 11 is 0. The van der Waals surface area contributed by atoms with E-state index in [1.807, 2.05) is 30.3 Å². The molecule has 1 atom stereocenters. The van der Waals surface area contributed by atoms with E-state index in [1.54, 1.807) is 0 Å². The fraction of sp³-hybridized carbons (Fsp3) is 0.263. The number of carbonyl (C=O) groups is 2. The normalized spacial score (nSPS) is 11.8. The Labute approximate surface area is 145 Å². The Morgan fingerprint density at radius 2 is 1.92 bits per heavy atom. The molecule has 5 nitrogen and oxygen atoms in total. The van der Waals surface area contributed by atoms with Gasteiger partial charge >= 0.3 is 5.97 Å². The van der Waals surface area contributed by atoms with Gasteiger partial charge in [-0.05, 0) is 29.7 Å². The minimum atomic E-state index is -1.22. The maximum atomic E-state index is 13.3. The summed E-state index contributed by atoms with van der Waals surface area (Å²) in [5.41, 5.74) is 1.64. The first-order valence-electron chi connectivity index (χ1n) is 7.87. The van der Waals surface area contributed by atoms with Crippen LogP contribution in [0, 0.1) is 12.7 Å². The van der Waals surface area contributed by atoms with Crippen molar-refractivity contribution in [1.29, 1.82) is 0 Å². The molecule has 0 radical (unpaired) electrons. The lowest BCUT2D eigenvalue weighted by atomic mass is 10.0. The molecule has 0 fully saturated rings. The average Bonchev–Trinajstić information content (AvgIpc) is 2.60. The minimum Gasteiger partial charge on any atom is -0.479 e. The Kier molecular flexibility index (Phi) is 6.65. The maximum Gasteiger partial charge on any atom is 0.330 e. The van der Waals surface area contributed by atoms with Crippen LogP contribution >= 0.6 is 0 Å². The van der Waals surface area contributed by atoms with Crippen molar-refractivity contribution in [2.45, 2.75) is 26.0 Å². The molecule has 0 spiro atoms. The Balaban J connectivity index is 1.85. The molecule has 2 aromatic rings. The predicted molar refractivity (Wildman–Crippen MR) is 90.4 cm³/mol. The zero-order valence-electron chi connectivity index (χ0n) is 13.9. The highest BCUT2D eigenvalue weighted by Crippen LogP contribution is 2.17. The molecule has 132 valence electrons. The number of halogens is 1. The third-order valence-corrected chi connectivity index (χ3v) is 3.65. The van der Waals surface area contributed by atoms with E-state index in [4.69, 9.17) is 4.74 Å². The summed E-state index contributed by atoms with van der Waals surface area (Å²) in [7, 11) is 0. The van der Waals surface area contributed by atoms with Gasteiger partial charge in [0.2, 0.25) is 5.91 Å². The first-order chi connectivity index (χ1) is 12.0. The van der Waals surface area contributed by atoms with Gasteiger partial charge in [-0.25, -0.2) is 9.18 Å². The van der Waals surface area contributed by atoms with Gasteiger partial charge in [0, 0.05) is 0 Å². The predicted octanol–water partition coefficient (Wildman–Crippen LogP) is 2.98. The smallest absolute Gasteiger partial charge is 0.330 e. The minimum absolute atomic E-state index is 0.0385. The Morgan fingerprint density at radius 1 is 1.20 bits per heavy atom. The zero-order valence-corrected chi connectivity index (χ0v) is 13.9. The van der Waals surface area contributed by atoms with Crippen molar-refractivity contribution in [3.8, 4) is 0 Å². The van der Waals surface area contributed by atoms with Gasteiger partial charge in [0.1, 0.15) is 5.82 Å². The van der Waals surface area contributed by atoms with Crippen LogP contribution in [0.5, 0.6) is 0 Å². The van der Waals surface area contributed by atoms with Crippen molar-refractivity contribution in [1.82, 2.24) is 5.32 Å². The van der Waals surface area contributed by atoms with Crippen LogP contribution in [0.25, 0.3) is 0 Å². The second-order valence-electron chi connectivity index (χ2n) is 5.64. The van der Waals surface area contributed by atoms with E-state index < -0.39 is 23.7 Å². The number of amides is 1. The number of carboxylic acids is 1. The van der Waals surface area contributed by atoms with Crippen molar-refractivity contribution in [3.05, 3.63) is 71.0 Å². The first kappa shape index (κ1) is 18.6. The fourth-order valence-corrected chi connectivity index (χ4v) is 2.30. The number of rotatable bonds is 8. The van der Waals surface area contributed by atoms with Crippen molar-refractivity contribution in [2.24, 2.45) is 0 Å². The van der Waals surface area contributed by atoms with Gasteiger partial charge in [-0.2, -0.15) is 0 Å². The lowest BCUT2D eigenvalue weighted by molar-refractivity contribution is -0.142. The molecule has 1 amide bonds. The van der Waals surface area contributed by atoms with E-state index in [1.165, 1.54) is 25.1 Å². The van der Waals surface area contributed by atoms with E-state index in [0.29, 0.717) is 17.7 Å². The molecule has 0 aliphatic heterocycles. The highest BCUT2D eigenvalue weighted by Gasteiger charge is 2.22. The highest BCUT2D eigenvalue weighted by molar-refractivity contribution is 5.84. The lowest BCUT2D eigenvalue weighted by Gasteiger charge is -2.16. The third kappa shape index (κ3) is 5.69. The number of benzene rings is 2. The summed E-state index contributed by atoms with van der Waals surface area (Å²) in [5, 5.41) is 11.8. The van der Waals surface area contributed by atoms with E-state index in [9.17, 15) is 19.1 Å². The van der Waals surface area contributed by atoms with Crippen LogP contribution in [0.4, 0.5) is 4.39 Å². The molecule has 0 aliphatic rings. The SMILES string of the molecule is Cc1cc(C(NC(=O)CCOCc2ccccc2)C(=O)O)ccc1F. The fourth-order valence-electron chi connectivity index (χ4n) is 2.30. The summed E-state index contributed by atoms with van der Waals surface area (Å²) in [5.74, 6) is -2.07. The molecule has 0 bridgehead atoms. The maximum absolute atomic E-state index is 13.3. The second kappa shape index (κ2) is 8.94. The van der Waals surface area contributed by atoms with Crippen molar-refractivity contribution < 1.29 is 23.8 Å². The number of aryl methyl sites for hydroxylation is 1. The van der Waals surface area contributed by atoms with Gasteiger partial charge in [0.05, 0.1) is 19.6 Å². The number of carbonyl (C=O) groups excluding carboxylic acids is 1. The van der Waals surface area contributed by atoms with Gasteiger partial charge in [-0.3, -0.25) is 4.79 Å². The van der Waals surface area contributed by atoms with E-state index >= 15 is 0 Å². The molecule has 0 heterocycles. The molecule has 25 heavy (non-hydrogen) atoms. The molecule has 0 aromatic heterocycles. The average molecular weight is 345 g/mol. The number of aliphatic carboxylic acids is 1. The monoisotopic (exact) mass is 345 g/mol. The highest BCUT2D eigenvalue weighted by atomic mass is 19.1. The van der Waals surface area contributed by atoms with Crippen LogP contribution in [-0.2, 0) is 20.9 Å². The number of carboxylic acid groups (broad SMARTS) is 1. The van der Waals surface area contributed by atoms with Crippen molar-refractivity contribution in [3.63, 3.8) is 0 Å². The molecule has 0 saturated heterocycles. The van der Waals surface area contributed by atoms with Gasteiger partial charge in [-0.15, -0.1) is 0 Å². The van der Waals surface area contributed by atoms with Crippen molar-refractivity contribution in [2.75, 3.05) is 6.61 Å². The van der Waals surface area contributed by atoms with E-state index in [-0.39, 0.29) is 13.0 Å². The van der Waals surface area contributed by atoms with Gasteiger partial charge in [0.25, 0.3) is 0 Å². The lowest BCUT2D eigenvalue weighted by Crippen LogP contribution is -2.34. The van der Waals surface area contributed by atoms with Crippen LogP contribution < -0.4 is 5.32 Å². The Hall–Kier alpha value is -2.73. The number of hydrogen-bond donors (Lipinski definition) is 2. The molecule has 2 rings (SSSR count). The topological polar surface area (TPSA) is 75.6 Å². The number of hydrogen-bond acceptors (Lipinski definition) is 3. The summed E-state index contributed by atoms with van der Waals surface area (Å²) in [6.45, 7) is 2.10. The summed E-state index contributed by atoms with van der Waals surface area (Å²) in [6.07, 6.45) is 0.0385. The van der Waals surface area contributed by atoms with Gasteiger partial charge < -0.3 is 15.2 Å². The zero-order chi connectivity index (χ0) is 18.2. The Morgan fingerprint density at radius 3 is 2.56 bits per heavy atom. The molecule has 1 unspecified atom stereocenters. The second-order valence-corrected chi connectivity index (χ2v) is 5.64. The van der Waals surface area contributed by atoms with Crippen LogP contribution in [0.3, 0.4) is 0 Å². The molecular weight excluding hydrogens is 325 g/mol. The molecule has 0 aliphatic carbocycles. The van der Waals surface area contributed by atoms with Crippen LogP contribution in [0.15, 0.2) is 48.5 Å². The van der Waals surface area contributed by atoms with Crippen molar-refractivity contribution >= 4 is 11.9 Å². The van der Waals surface area contributed by atoms with Gasteiger partial charge in [0.15, 0.2) is 6.04 Å². The summed E-state index contributed by atoms with van der Waals surface area (Å²) in [4.78, 5) is 23.4. The standard InChI is InChI=1S/C19H20FNO4/c1-13-11-15(7-8-16(13)20)18(19(23)24)21-17(22)9-10-25-12-14-5-3-2-4-6-14/h2-8,11,18H,9-10,12H2,1H3,(H,21,22)(H,23,24). The first-order valence-corrected chi connectivity index (χ1v) is 7.87. The largest absolute Gasteiger partial charge is 0.479 e. The molecule has 2 aromatic carbocycles. The van der Waals surface area contributed by atoms with E-state index in [2.05, 4.69) is 5.32 Å². The molecule has 0 saturated carbocycles. The summed E-state index contributed by atoms with van der Waals surface area (Å²) < 4.78 is 18.7. The van der Waals surface area contributed by atoms with Crippen LogP contribution in [0.2, 0.25) is 0 Å². The molecular formula is C19H20FNO4. The number of nitrogens with one attached hydrogen (secondary N) is 1. The van der Waals surface area contributed by atoms with Crippen LogP contribution in [-0.4, -0.2) is 23.6 Å². The number of ether oxygens (including phenoxy) is 1. The summed E-state index contributed by atoms with van der Waals surface area (Å²) in [6, 6.07) is 12.3. The third-order valence-electron chi connectivity index (χ3n) is 3.65. The van der Waals surface area contributed by atoms with Gasteiger partial charge in [-0.1, -0.05) is 42.5 Å². The quantitative estimate of drug-likeness (QED) is 0.721. The molecule has 2 N–H and O–H groups in total. The van der Waals surface area contributed by atoms with E-state index in [0.717, 1.165) is 5.56 Å².